The highest BCUT2D eigenvalue weighted by Crippen LogP contribution is 2.08. The van der Waals surface area contributed by atoms with Gasteiger partial charge in [0.05, 0.1) is 12.7 Å². The zero-order valence-corrected chi connectivity index (χ0v) is 15.1. The second-order valence-corrected chi connectivity index (χ2v) is 6.05. The van der Waals surface area contributed by atoms with Gasteiger partial charge in [-0.15, -0.1) is 0 Å². The molecule has 134 valence electrons. The van der Waals surface area contributed by atoms with Crippen molar-refractivity contribution in [1.29, 1.82) is 0 Å². The first-order valence-corrected chi connectivity index (χ1v) is 8.46. The molecule has 0 amide bonds. The van der Waals surface area contributed by atoms with E-state index in [4.69, 9.17) is 4.74 Å². The molecule has 0 aliphatic carbocycles. The van der Waals surface area contributed by atoms with Crippen LogP contribution in [-0.4, -0.2) is 19.1 Å². The first kappa shape index (κ1) is 18.9. The number of nitrogens with one attached hydrogen (secondary N) is 2. The number of ether oxygens (including phenoxy) is 1. The Morgan fingerprint density at radius 3 is 2.48 bits per heavy atom. The highest BCUT2D eigenvalue weighted by molar-refractivity contribution is 5.79. The summed E-state index contributed by atoms with van der Waals surface area (Å²) < 4.78 is 19.3. The number of guanidine groups is 1. The molecule has 0 atom stereocenters. The van der Waals surface area contributed by atoms with Crippen LogP contribution in [0.3, 0.4) is 0 Å². The molecule has 25 heavy (non-hydrogen) atoms. The Balaban J connectivity index is 1.86. The van der Waals surface area contributed by atoms with Crippen LogP contribution in [0.5, 0.6) is 0 Å². The molecule has 0 saturated heterocycles. The highest BCUT2D eigenvalue weighted by atomic mass is 19.1. The van der Waals surface area contributed by atoms with Gasteiger partial charge in [-0.25, -0.2) is 4.39 Å². The smallest absolute Gasteiger partial charge is 0.191 e. The number of benzene rings is 2. The second-order valence-electron chi connectivity index (χ2n) is 6.05. The van der Waals surface area contributed by atoms with E-state index in [1.807, 2.05) is 26.0 Å². The summed E-state index contributed by atoms with van der Waals surface area (Å²) >= 11 is 0. The monoisotopic (exact) mass is 343 g/mol. The van der Waals surface area contributed by atoms with Gasteiger partial charge in [-0.1, -0.05) is 42.5 Å². The Hall–Kier alpha value is -2.40. The van der Waals surface area contributed by atoms with Crippen LogP contribution in [-0.2, 0) is 24.4 Å². The summed E-state index contributed by atoms with van der Waals surface area (Å²) in [7, 11) is 1.70. The van der Waals surface area contributed by atoms with Gasteiger partial charge in [-0.05, 0) is 31.0 Å². The first-order chi connectivity index (χ1) is 12.1. The zero-order valence-electron chi connectivity index (χ0n) is 15.1. The quantitative estimate of drug-likeness (QED) is 0.596. The molecule has 2 aromatic carbocycles. The molecule has 5 heteroatoms. The molecule has 0 aromatic heterocycles. The largest absolute Gasteiger partial charge is 0.374 e. The van der Waals surface area contributed by atoms with E-state index in [1.54, 1.807) is 19.2 Å². The third-order valence-electron chi connectivity index (χ3n) is 3.66. The van der Waals surface area contributed by atoms with Crippen molar-refractivity contribution in [1.82, 2.24) is 10.6 Å². The second kappa shape index (κ2) is 9.79. The van der Waals surface area contributed by atoms with Crippen LogP contribution in [0.2, 0.25) is 0 Å². The number of aliphatic imine (C=N–C) groups is 1. The summed E-state index contributed by atoms with van der Waals surface area (Å²) in [5, 5.41) is 6.37. The fraction of sp³-hybridized carbons (Fsp3) is 0.350. The van der Waals surface area contributed by atoms with Gasteiger partial charge in [-0.3, -0.25) is 4.99 Å². The van der Waals surface area contributed by atoms with Gasteiger partial charge in [0.2, 0.25) is 0 Å². The minimum atomic E-state index is -0.219. The van der Waals surface area contributed by atoms with E-state index in [0.717, 1.165) is 11.1 Å². The van der Waals surface area contributed by atoms with E-state index in [-0.39, 0.29) is 11.9 Å². The van der Waals surface area contributed by atoms with Crippen molar-refractivity contribution in [2.75, 3.05) is 7.05 Å². The minimum absolute atomic E-state index is 0.211. The first-order valence-electron chi connectivity index (χ1n) is 8.46. The van der Waals surface area contributed by atoms with E-state index in [0.29, 0.717) is 31.2 Å². The minimum Gasteiger partial charge on any atom is -0.374 e. The molecule has 0 fully saturated rings. The van der Waals surface area contributed by atoms with Gasteiger partial charge < -0.3 is 15.4 Å². The summed E-state index contributed by atoms with van der Waals surface area (Å²) in [4.78, 5) is 4.18. The molecule has 0 aliphatic rings. The maximum Gasteiger partial charge on any atom is 0.191 e. The van der Waals surface area contributed by atoms with Crippen molar-refractivity contribution in [3.05, 3.63) is 71.0 Å². The van der Waals surface area contributed by atoms with E-state index in [1.165, 1.54) is 6.07 Å². The van der Waals surface area contributed by atoms with Crippen LogP contribution in [0, 0.1) is 5.82 Å². The molecule has 2 aromatic rings. The zero-order chi connectivity index (χ0) is 18.1. The van der Waals surface area contributed by atoms with Crippen LogP contribution < -0.4 is 10.6 Å². The summed E-state index contributed by atoms with van der Waals surface area (Å²) in [5.74, 6) is 0.412. The van der Waals surface area contributed by atoms with Crippen molar-refractivity contribution >= 4 is 5.96 Å². The number of nitrogens with zero attached hydrogens (tertiary/aromatic N) is 1. The van der Waals surface area contributed by atoms with Crippen LogP contribution in [0.4, 0.5) is 4.39 Å². The predicted molar refractivity (Wildman–Crippen MR) is 99.8 cm³/mol. The Kier molecular flexibility index (Phi) is 7.41. The third-order valence-corrected chi connectivity index (χ3v) is 3.66. The lowest BCUT2D eigenvalue weighted by atomic mass is 10.1. The predicted octanol–water partition coefficient (Wildman–Crippen LogP) is 3.62. The molecule has 4 nitrogen and oxygen atoms in total. The lowest BCUT2D eigenvalue weighted by Crippen LogP contribution is -2.36. The standard InChI is InChI=1S/C20H26FN3O/c1-15(2)25-14-17-8-6-7-16(11-17)12-23-20(22-3)24-13-18-9-4-5-10-19(18)21/h4-11,15H,12-14H2,1-3H3,(H2,22,23,24). The Bertz CT molecular complexity index is 701. The van der Waals surface area contributed by atoms with Crippen LogP contribution in [0.25, 0.3) is 0 Å². The summed E-state index contributed by atoms with van der Waals surface area (Å²) in [6.07, 6.45) is 0.211. The number of halogens is 1. The average Bonchev–Trinajstić information content (AvgIpc) is 2.62. The van der Waals surface area contributed by atoms with Gasteiger partial charge in [0, 0.05) is 25.7 Å². The lowest BCUT2D eigenvalue weighted by Gasteiger charge is -2.13. The van der Waals surface area contributed by atoms with Gasteiger partial charge >= 0.3 is 0 Å². The Labute approximate surface area is 149 Å². The molecular formula is C20H26FN3O. The topological polar surface area (TPSA) is 45.7 Å². The Morgan fingerprint density at radius 2 is 1.76 bits per heavy atom. The normalized spacial score (nSPS) is 11.6. The van der Waals surface area contributed by atoms with Gasteiger partial charge in [0.25, 0.3) is 0 Å². The maximum atomic E-state index is 13.7. The molecule has 0 radical (unpaired) electrons. The van der Waals surface area contributed by atoms with Gasteiger partial charge in [0.15, 0.2) is 5.96 Å². The van der Waals surface area contributed by atoms with E-state index in [2.05, 4.69) is 33.8 Å². The van der Waals surface area contributed by atoms with E-state index >= 15 is 0 Å². The molecule has 0 bridgehead atoms. The van der Waals surface area contributed by atoms with Crippen LogP contribution in [0.1, 0.15) is 30.5 Å². The summed E-state index contributed by atoms with van der Waals surface area (Å²) in [6.45, 7) is 5.67. The lowest BCUT2D eigenvalue weighted by molar-refractivity contribution is 0.0657. The molecule has 2 rings (SSSR count). The fourth-order valence-corrected chi connectivity index (χ4v) is 2.32. The summed E-state index contributed by atoms with van der Waals surface area (Å²) in [5.41, 5.74) is 2.89. The molecule has 0 heterocycles. The molecule has 2 N–H and O–H groups in total. The van der Waals surface area contributed by atoms with Crippen molar-refractivity contribution in [2.24, 2.45) is 4.99 Å². The fourth-order valence-electron chi connectivity index (χ4n) is 2.32. The highest BCUT2D eigenvalue weighted by Gasteiger charge is 2.03. The number of hydrogen-bond donors (Lipinski definition) is 2. The molecule has 0 aliphatic heterocycles. The third kappa shape index (κ3) is 6.55. The van der Waals surface area contributed by atoms with E-state index in [9.17, 15) is 4.39 Å². The number of hydrogen-bond acceptors (Lipinski definition) is 2. The van der Waals surface area contributed by atoms with Gasteiger partial charge in [0.1, 0.15) is 5.82 Å². The number of rotatable bonds is 7. The van der Waals surface area contributed by atoms with Gasteiger partial charge in [-0.2, -0.15) is 0 Å². The average molecular weight is 343 g/mol. The van der Waals surface area contributed by atoms with Crippen molar-refractivity contribution in [3.8, 4) is 0 Å². The SMILES string of the molecule is CN=C(NCc1cccc(COC(C)C)c1)NCc1ccccc1F. The molecular weight excluding hydrogens is 317 g/mol. The van der Waals surface area contributed by atoms with Crippen LogP contribution >= 0.6 is 0 Å². The molecule has 0 saturated carbocycles. The molecule has 0 unspecified atom stereocenters. The van der Waals surface area contributed by atoms with E-state index < -0.39 is 0 Å². The molecule has 0 spiro atoms. The maximum absolute atomic E-state index is 13.7. The van der Waals surface area contributed by atoms with Crippen molar-refractivity contribution in [3.63, 3.8) is 0 Å². The Morgan fingerprint density at radius 1 is 1.04 bits per heavy atom. The van der Waals surface area contributed by atoms with Crippen molar-refractivity contribution < 1.29 is 9.13 Å². The van der Waals surface area contributed by atoms with Crippen molar-refractivity contribution in [2.45, 2.75) is 39.6 Å². The van der Waals surface area contributed by atoms with Crippen LogP contribution in [0.15, 0.2) is 53.5 Å². The summed E-state index contributed by atoms with van der Waals surface area (Å²) in [6, 6.07) is 15.0.